The van der Waals surface area contributed by atoms with Crippen LogP contribution in [0.5, 0.6) is 5.75 Å². The van der Waals surface area contributed by atoms with Crippen LogP contribution in [-0.2, 0) is 22.6 Å². The van der Waals surface area contributed by atoms with Gasteiger partial charge in [-0.1, -0.05) is 42.5 Å². The number of esters is 1. The van der Waals surface area contributed by atoms with Crippen LogP contribution in [-0.4, -0.2) is 21.5 Å². The van der Waals surface area contributed by atoms with E-state index in [0.717, 1.165) is 33.5 Å². The Morgan fingerprint density at radius 3 is 2.55 bits per heavy atom. The van der Waals surface area contributed by atoms with Gasteiger partial charge in [0, 0.05) is 22.1 Å². The molecule has 33 heavy (non-hydrogen) atoms. The first kappa shape index (κ1) is 23.2. The maximum atomic E-state index is 12.6. The van der Waals surface area contributed by atoms with Crippen molar-refractivity contribution in [3.63, 3.8) is 0 Å². The Morgan fingerprint density at radius 1 is 1.18 bits per heavy atom. The molecule has 1 heterocycles. The van der Waals surface area contributed by atoms with Crippen molar-refractivity contribution in [2.45, 2.75) is 52.7 Å². The molecule has 0 spiro atoms. The molecule has 1 fully saturated rings. The number of para-hydroxylation sites is 1. The van der Waals surface area contributed by atoms with Gasteiger partial charge in [0.1, 0.15) is 18.0 Å². The molecule has 0 aliphatic heterocycles. The normalized spacial score (nSPS) is 19.8. The quantitative estimate of drug-likeness (QED) is 0.379. The minimum atomic E-state index is -0.528. The van der Waals surface area contributed by atoms with Crippen LogP contribution in [0.15, 0.2) is 54.6 Å². The van der Waals surface area contributed by atoms with Gasteiger partial charge in [0.25, 0.3) is 0 Å². The van der Waals surface area contributed by atoms with Crippen LogP contribution in [0.3, 0.4) is 0 Å². The smallest absolute Gasteiger partial charge is 0.310 e. The first-order valence-electron chi connectivity index (χ1n) is 11.2. The zero-order valence-corrected chi connectivity index (χ0v) is 20.4. The Labute approximate surface area is 200 Å². The number of hydrogen-bond donors (Lipinski definition) is 1. The summed E-state index contributed by atoms with van der Waals surface area (Å²) in [6.07, 6.45) is 1.24. The van der Waals surface area contributed by atoms with Crippen molar-refractivity contribution >= 4 is 34.1 Å². The van der Waals surface area contributed by atoms with Gasteiger partial charge >= 0.3 is 5.97 Å². The van der Waals surface area contributed by atoms with Gasteiger partial charge in [-0.2, -0.15) is 0 Å². The number of nitrogens with two attached hydrogens (primary N) is 1. The van der Waals surface area contributed by atoms with E-state index in [2.05, 4.69) is 17.1 Å². The summed E-state index contributed by atoms with van der Waals surface area (Å²) in [5.41, 5.74) is 9.14. The molecule has 0 saturated heterocycles. The lowest BCUT2D eigenvalue weighted by molar-refractivity contribution is -0.157. The summed E-state index contributed by atoms with van der Waals surface area (Å²) < 4.78 is 11.6. The standard InChI is InChI=1S/C27H30N2O3S/c1-17-13-19(21-7-5-6-8-23(21)29-17)16-31-20-11-9-18(10-12-20)14-27(25(28)33)15-22(27)24(30)32-26(2,3)4/h5-13,22H,14-16H2,1-4H3,(H2,28,33)/t22?,27-/m0/s1. The highest BCUT2D eigenvalue weighted by atomic mass is 32.1. The van der Waals surface area contributed by atoms with E-state index < -0.39 is 11.0 Å². The molecule has 2 aromatic carbocycles. The second kappa shape index (κ2) is 8.75. The van der Waals surface area contributed by atoms with E-state index >= 15 is 0 Å². The summed E-state index contributed by atoms with van der Waals surface area (Å²) in [7, 11) is 0. The van der Waals surface area contributed by atoms with E-state index in [1.807, 2.05) is 70.2 Å². The van der Waals surface area contributed by atoms with Gasteiger partial charge in [-0.15, -0.1) is 0 Å². The number of aromatic nitrogens is 1. The van der Waals surface area contributed by atoms with Gasteiger partial charge in [0.2, 0.25) is 0 Å². The number of aryl methyl sites for hydroxylation is 1. The van der Waals surface area contributed by atoms with E-state index in [1.54, 1.807) is 0 Å². The lowest BCUT2D eigenvalue weighted by Crippen LogP contribution is -2.32. The topological polar surface area (TPSA) is 74.4 Å². The van der Waals surface area contributed by atoms with Gasteiger partial charge in [0.15, 0.2) is 0 Å². The van der Waals surface area contributed by atoms with Gasteiger partial charge in [0.05, 0.1) is 16.4 Å². The lowest BCUT2D eigenvalue weighted by Gasteiger charge is -2.21. The number of fused-ring (bicyclic) bond motifs is 1. The minimum absolute atomic E-state index is 0.227. The van der Waals surface area contributed by atoms with Crippen molar-refractivity contribution in [1.82, 2.24) is 4.98 Å². The maximum absolute atomic E-state index is 12.6. The predicted molar refractivity (Wildman–Crippen MR) is 134 cm³/mol. The first-order chi connectivity index (χ1) is 15.6. The van der Waals surface area contributed by atoms with Gasteiger partial charge < -0.3 is 15.2 Å². The summed E-state index contributed by atoms with van der Waals surface area (Å²) in [4.78, 5) is 17.5. The van der Waals surface area contributed by atoms with Crippen molar-refractivity contribution in [3.8, 4) is 5.75 Å². The molecular weight excluding hydrogens is 432 g/mol. The fourth-order valence-corrected chi connectivity index (χ4v) is 4.58. The Balaban J connectivity index is 1.43. The highest BCUT2D eigenvalue weighted by molar-refractivity contribution is 7.80. The van der Waals surface area contributed by atoms with Crippen molar-refractivity contribution < 1.29 is 14.3 Å². The average molecular weight is 463 g/mol. The molecule has 2 N–H and O–H groups in total. The lowest BCUT2D eigenvalue weighted by atomic mass is 9.93. The highest BCUT2D eigenvalue weighted by Crippen LogP contribution is 2.56. The zero-order chi connectivity index (χ0) is 23.8. The molecule has 1 unspecified atom stereocenters. The van der Waals surface area contributed by atoms with E-state index in [0.29, 0.717) is 24.4 Å². The molecule has 4 rings (SSSR count). The fourth-order valence-electron chi connectivity index (χ4n) is 4.29. The SMILES string of the molecule is Cc1cc(COc2ccc(C[C@]3(C(N)=S)CC3C(=O)OC(C)(C)C)cc2)c2ccccc2n1. The molecule has 0 bridgehead atoms. The molecule has 3 aromatic rings. The van der Waals surface area contributed by atoms with Crippen LogP contribution >= 0.6 is 12.2 Å². The molecule has 0 radical (unpaired) electrons. The number of pyridine rings is 1. The summed E-state index contributed by atoms with van der Waals surface area (Å²) in [5, 5.41) is 1.10. The van der Waals surface area contributed by atoms with Gasteiger partial charge in [-0.3, -0.25) is 9.78 Å². The summed E-state index contributed by atoms with van der Waals surface area (Å²) in [6, 6.07) is 18.1. The highest BCUT2D eigenvalue weighted by Gasteiger charge is 2.61. The third kappa shape index (κ3) is 5.17. The molecule has 1 aliphatic rings. The average Bonchev–Trinajstić information content (AvgIpc) is 3.47. The Kier molecular flexibility index (Phi) is 6.14. The maximum Gasteiger partial charge on any atom is 0.310 e. The number of rotatable bonds is 7. The van der Waals surface area contributed by atoms with Crippen LogP contribution in [0, 0.1) is 18.3 Å². The van der Waals surface area contributed by atoms with E-state index in [1.165, 1.54) is 0 Å². The van der Waals surface area contributed by atoms with Crippen LogP contribution in [0.2, 0.25) is 0 Å². The van der Waals surface area contributed by atoms with Gasteiger partial charge in [-0.05, 0) is 70.4 Å². The third-order valence-corrected chi connectivity index (χ3v) is 6.43. The summed E-state index contributed by atoms with van der Waals surface area (Å²) in [6.45, 7) is 8.05. The van der Waals surface area contributed by atoms with Gasteiger partial charge in [-0.25, -0.2) is 0 Å². The van der Waals surface area contributed by atoms with Crippen molar-refractivity contribution in [2.75, 3.05) is 0 Å². The fraction of sp³-hybridized carbons (Fsp3) is 0.370. The van der Waals surface area contributed by atoms with Crippen LogP contribution < -0.4 is 10.5 Å². The predicted octanol–water partition coefficient (Wildman–Crippen LogP) is 5.30. The van der Waals surface area contributed by atoms with Crippen molar-refractivity contribution in [1.29, 1.82) is 0 Å². The number of hydrogen-bond acceptors (Lipinski definition) is 5. The van der Waals surface area contributed by atoms with Crippen LogP contribution in [0.4, 0.5) is 0 Å². The first-order valence-corrected chi connectivity index (χ1v) is 11.6. The third-order valence-electron chi connectivity index (χ3n) is 6.02. The molecule has 5 nitrogen and oxygen atoms in total. The number of ether oxygens (including phenoxy) is 2. The second-order valence-corrected chi connectivity index (χ2v) is 10.3. The molecule has 1 aliphatic carbocycles. The molecule has 2 atom stereocenters. The van der Waals surface area contributed by atoms with E-state index in [-0.39, 0.29) is 11.9 Å². The number of benzene rings is 2. The Hall–Kier alpha value is -2.99. The van der Waals surface area contributed by atoms with Crippen LogP contribution in [0.1, 0.15) is 44.0 Å². The number of carbonyl (C=O) groups excluding carboxylic acids is 1. The molecule has 1 aromatic heterocycles. The molecular formula is C27H30N2O3S. The molecule has 0 amide bonds. The van der Waals surface area contributed by atoms with Crippen LogP contribution in [0.25, 0.3) is 10.9 Å². The van der Waals surface area contributed by atoms with Crippen molar-refractivity contribution in [3.05, 3.63) is 71.4 Å². The van der Waals surface area contributed by atoms with E-state index in [9.17, 15) is 4.79 Å². The Morgan fingerprint density at radius 2 is 1.88 bits per heavy atom. The Bertz CT molecular complexity index is 1200. The van der Waals surface area contributed by atoms with E-state index in [4.69, 9.17) is 27.4 Å². The minimum Gasteiger partial charge on any atom is -0.489 e. The summed E-state index contributed by atoms with van der Waals surface area (Å²) >= 11 is 5.34. The zero-order valence-electron chi connectivity index (χ0n) is 19.6. The largest absolute Gasteiger partial charge is 0.489 e. The van der Waals surface area contributed by atoms with Crippen molar-refractivity contribution in [2.24, 2.45) is 17.1 Å². The summed E-state index contributed by atoms with van der Waals surface area (Å²) in [5.74, 6) is 0.268. The number of thiocarbonyl (C=S) groups is 1. The molecule has 172 valence electrons. The number of carbonyl (C=O) groups is 1. The molecule has 1 saturated carbocycles. The monoisotopic (exact) mass is 462 g/mol. The molecule has 6 heteroatoms. The number of nitrogens with zero attached hydrogens (tertiary/aromatic N) is 1. The second-order valence-electron chi connectivity index (χ2n) is 9.86.